The first kappa shape index (κ1) is 13.3. The van der Waals surface area contributed by atoms with Crippen molar-refractivity contribution >= 4 is 37.8 Å². The Hall–Kier alpha value is -1.15. The predicted molar refractivity (Wildman–Crippen MR) is 72.9 cm³/mol. The molecule has 0 aromatic carbocycles. The molecule has 0 radical (unpaired) electrons. The van der Waals surface area contributed by atoms with Crippen molar-refractivity contribution < 1.29 is 4.79 Å². The molecule has 6 nitrogen and oxygen atoms in total. The highest BCUT2D eigenvalue weighted by molar-refractivity contribution is 9.10. The van der Waals surface area contributed by atoms with Gasteiger partial charge in [0.15, 0.2) is 0 Å². The molecule has 0 saturated heterocycles. The van der Waals surface area contributed by atoms with E-state index in [4.69, 9.17) is 0 Å². The molecule has 1 N–H and O–H groups in total. The van der Waals surface area contributed by atoms with Gasteiger partial charge in [-0.3, -0.25) is 14.2 Å². The molecular formula is C10H11Br2N5O. The fraction of sp³-hybridized carbons (Fsp3) is 0.300. The highest BCUT2D eigenvalue weighted by Crippen LogP contribution is 2.06. The summed E-state index contributed by atoms with van der Waals surface area (Å²) >= 11 is 6.59. The molecule has 2 rings (SSSR count). The molecule has 0 aliphatic carbocycles. The lowest BCUT2D eigenvalue weighted by Crippen LogP contribution is -2.30. The van der Waals surface area contributed by atoms with Crippen molar-refractivity contribution in [2.45, 2.75) is 13.1 Å². The number of hydrogen-bond acceptors (Lipinski definition) is 3. The first-order valence-corrected chi connectivity index (χ1v) is 6.85. The minimum absolute atomic E-state index is 0.0724. The van der Waals surface area contributed by atoms with Gasteiger partial charge in [-0.25, -0.2) is 0 Å². The molecule has 1 amide bonds. The smallest absolute Gasteiger partial charge is 0.241 e. The average Bonchev–Trinajstić information content (AvgIpc) is 2.88. The van der Waals surface area contributed by atoms with E-state index in [2.05, 4.69) is 47.4 Å². The number of amides is 1. The lowest BCUT2D eigenvalue weighted by molar-refractivity contribution is -0.121. The van der Waals surface area contributed by atoms with Crippen LogP contribution in [0.2, 0.25) is 0 Å². The number of aromatic nitrogens is 4. The van der Waals surface area contributed by atoms with Crippen molar-refractivity contribution in [2.75, 3.05) is 6.54 Å². The number of rotatable bonds is 5. The lowest BCUT2D eigenvalue weighted by Gasteiger charge is -2.05. The molecule has 2 heterocycles. The van der Waals surface area contributed by atoms with Crippen molar-refractivity contribution in [3.8, 4) is 0 Å². The average molecular weight is 377 g/mol. The van der Waals surface area contributed by atoms with E-state index in [1.54, 1.807) is 28.0 Å². The normalized spacial score (nSPS) is 10.6. The maximum Gasteiger partial charge on any atom is 0.241 e. The topological polar surface area (TPSA) is 64.7 Å². The molecule has 2 aromatic heterocycles. The Bertz CT molecular complexity index is 536. The quantitative estimate of drug-likeness (QED) is 0.858. The van der Waals surface area contributed by atoms with Crippen LogP contribution in [0.4, 0.5) is 0 Å². The van der Waals surface area contributed by atoms with Crippen LogP contribution in [0.25, 0.3) is 0 Å². The van der Waals surface area contributed by atoms with E-state index in [9.17, 15) is 4.79 Å². The second-order valence-corrected chi connectivity index (χ2v) is 5.46. The Morgan fingerprint density at radius 1 is 1.17 bits per heavy atom. The first-order valence-electron chi connectivity index (χ1n) is 5.26. The molecule has 0 aliphatic rings. The highest BCUT2D eigenvalue weighted by atomic mass is 79.9. The van der Waals surface area contributed by atoms with Crippen LogP contribution < -0.4 is 5.32 Å². The number of nitrogens with one attached hydrogen (secondary N) is 1. The van der Waals surface area contributed by atoms with Crippen LogP contribution in [0.3, 0.4) is 0 Å². The van der Waals surface area contributed by atoms with E-state index in [1.165, 1.54) is 0 Å². The third kappa shape index (κ3) is 3.95. The molecule has 18 heavy (non-hydrogen) atoms. The van der Waals surface area contributed by atoms with E-state index < -0.39 is 0 Å². The van der Waals surface area contributed by atoms with Gasteiger partial charge < -0.3 is 5.32 Å². The lowest BCUT2D eigenvalue weighted by atomic mass is 10.5. The minimum Gasteiger partial charge on any atom is -0.353 e. The number of halogens is 2. The number of carbonyl (C=O) groups is 1. The summed E-state index contributed by atoms with van der Waals surface area (Å²) in [4.78, 5) is 11.6. The standard InChI is InChI=1S/C10H11Br2N5O/c11-8-3-14-16(5-8)2-1-13-10(18)7-17-6-9(12)4-15-17/h3-6H,1-2,7H2,(H,13,18). The molecule has 0 bridgehead atoms. The summed E-state index contributed by atoms with van der Waals surface area (Å²) in [5.74, 6) is -0.0724. The number of carbonyl (C=O) groups excluding carboxylic acids is 1. The fourth-order valence-electron chi connectivity index (χ4n) is 1.40. The monoisotopic (exact) mass is 375 g/mol. The summed E-state index contributed by atoms with van der Waals surface area (Å²) in [6.45, 7) is 1.39. The second kappa shape index (κ2) is 6.14. The summed E-state index contributed by atoms with van der Waals surface area (Å²) in [7, 11) is 0. The van der Waals surface area contributed by atoms with Gasteiger partial charge in [-0.05, 0) is 31.9 Å². The van der Waals surface area contributed by atoms with E-state index in [-0.39, 0.29) is 12.5 Å². The maximum absolute atomic E-state index is 11.6. The summed E-state index contributed by atoms with van der Waals surface area (Å²) < 4.78 is 5.12. The molecular weight excluding hydrogens is 366 g/mol. The zero-order valence-electron chi connectivity index (χ0n) is 9.38. The summed E-state index contributed by atoms with van der Waals surface area (Å²) in [5, 5.41) is 10.9. The summed E-state index contributed by atoms with van der Waals surface area (Å²) in [6.07, 6.45) is 6.97. The van der Waals surface area contributed by atoms with Crippen LogP contribution in [-0.2, 0) is 17.9 Å². The van der Waals surface area contributed by atoms with E-state index in [0.717, 1.165) is 8.95 Å². The summed E-state index contributed by atoms with van der Waals surface area (Å²) in [6, 6.07) is 0. The molecule has 0 fully saturated rings. The maximum atomic E-state index is 11.6. The van der Waals surface area contributed by atoms with Crippen LogP contribution >= 0.6 is 31.9 Å². The zero-order chi connectivity index (χ0) is 13.0. The van der Waals surface area contributed by atoms with Gasteiger partial charge in [0, 0.05) is 18.9 Å². The van der Waals surface area contributed by atoms with Crippen molar-refractivity contribution in [1.82, 2.24) is 24.9 Å². The molecule has 2 aromatic rings. The fourth-order valence-corrected chi connectivity index (χ4v) is 2.05. The van der Waals surface area contributed by atoms with Crippen LogP contribution in [0.1, 0.15) is 0 Å². The minimum atomic E-state index is -0.0724. The van der Waals surface area contributed by atoms with Gasteiger partial charge in [-0.2, -0.15) is 10.2 Å². The van der Waals surface area contributed by atoms with Gasteiger partial charge in [-0.15, -0.1) is 0 Å². The Morgan fingerprint density at radius 3 is 2.33 bits per heavy atom. The Morgan fingerprint density at radius 2 is 1.78 bits per heavy atom. The van der Waals surface area contributed by atoms with Crippen molar-refractivity contribution in [2.24, 2.45) is 0 Å². The van der Waals surface area contributed by atoms with E-state index in [0.29, 0.717) is 13.1 Å². The van der Waals surface area contributed by atoms with E-state index >= 15 is 0 Å². The SMILES string of the molecule is O=C(Cn1cc(Br)cn1)NCCn1cc(Br)cn1. The Labute approximate surface area is 121 Å². The number of nitrogens with zero attached hydrogens (tertiary/aromatic N) is 4. The molecule has 8 heteroatoms. The van der Waals surface area contributed by atoms with Crippen LogP contribution in [0.5, 0.6) is 0 Å². The van der Waals surface area contributed by atoms with Crippen LogP contribution in [0, 0.1) is 0 Å². The van der Waals surface area contributed by atoms with Crippen molar-refractivity contribution in [3.63, 3.8) is 0 Å². The third-order valence-electron chi connectivity index (χ3n) is 2.17. The highest BCUT2D eigenvalue weighted by Gasteiger charge is 2.03. The first-order chi connectivity index (χ1) is 8.63. The Kier molecular flexibility index (Phi) is 4.54. The third-order valence-corrected chi connectivity index (χ3v) is 2.99. The van der Waals surface area contributed by atoms with E-state index in [1.807, 2.05) is 6.20 Å². The van der Waals surface area contributed by atoms with Crippen LogP contribution in [-0.4, -0.2) is 32.0 Å². The number of hydrogen-bond donors (Lipinski definition) is 1. The van der Waals surface area contributed by atoms with Crippen molar-refractivity contribution in [1.29, 1.82) is 0 Å². The predicted octanol–water partition coefficient (Wildman–Crippen LogP) is 1.42. The Balaban J connectivity index is 1.72. The molecule has 0 aliphatic heterocycles. The second-order valence-electron chi connectivity index (χ2n) is 3.63. The zero-order valence-corrected chi connectivity index (χ0v) is 12.6. The van der Waals surface area contributed by atoms with Gasteiger partial charge in [0.1, 0.15) is 6.54 Å². The molecule has 0 spiro atoms. The van der Waals surface area contributed by atoms with Gasteiger partial charge in [0.2, 0.25) is 5.91 Å². The van der Waals surface area contributed by atoms with Gasteiger partial charge in [0.25, 0.3) is 0 Å². The van der Waals surface area contributed by atoms with Gasteiger partial charge >= 0.3 is 0 Å². The molecule has 0 unspecified atom stereocenters. The van der Waals surface area contributed by atoms with Crippen molar-refractivity contribution in [3.05, 3.63) is 33.7 Å². The van der Waals surface area contributed by atoms with Crippen LogP contribution in [0.15, 0.2) is 33.7 Å². The van der Waals surface area contributed by atoms with Gasteiger partial charge in [-0.1, -0.05) is 0 Å². The largest absolute Gasteiger partial charge is 0.353 e. The molecule has 96 valence electrons. The molecule has 0 atom stereocenters. The molecule has 0 saturated carbocycles. The summed E-state index contributed by atoms with van der Waals surface area (Å²) in [5.41, 5.74) is 0. The van der Waals surface area contributed by atoms with Gasteiger partial charge in [0.05, 0.1) is 27.9 Å².